The summed E-state index contributed by atoms with van der Waals surface area (Å²) in [6.45, 7) is 2.12. The number of aromatic hydroxyl groups is 1. The number of hydrogen-bond donors (Lipinski definition) is 1. The molecular formula is C18H22O3. The molecule has 0 aliphatic heterocycles. The SMILES string of the molecule is CCOC(=O)C#CCCCc1ccc2c(c1O)CCCC2. The van der Waals surface area contributed by atoms with Gasteiger partial charge in [-0.1, -0.05) is 18.1 Å². The van der Waals surface area contributed by atoms with Crippen LogP contribution in [0.3, 0.4) is 0 Å². The lowest BCUT2D eigenvalue weighted by molar-refractivity contribution is -0.136. The quantitative estimate of drug-likeness (QED) is 0.400. The fourth-order valence-corrected chi connectivity index (χ4v) is 2.73. The van der Waals surface area contributed by atoms with Crippen LogP contribution in [0.5, 0.6) is 5.75 Å². The number of unbranched alkanes of at least 4 members (excludes halogenated alkanes) is 1. The summed E-state index contributed by atoms with van der Waals surface area (Å²) in [5.74, 6) is 5.29. The number of hydrogen-bond acceptors (Lipinski definition) is 3. The zero-order valence-corrected chi connectivity index (χ0v) is 12.6. The fraction of sp³-hybridized carbons (Fsp3) is 0.500. The summed E-state index contributed by atoms with van der Waals surface area (Å²) in [6, 6.07) is 4.17. The Morgan fingerprint density at radius 1 is 1.33 bits per heavy atom. The summed E-state index contributed by atoms with van der Waals surface area (Å²) in [5, 5.41) is 10.3. The number of phenols is 1. The molecule has 0 radical (unpaired) electrons. The maximum absolute atomic E-state index is 11.1. The first-order valence-corrected chi connectivity index (χ1v) is 7.70. The Kier molecular flexibility index (Phi) is 5.68. The highest BCUT2D eigenvalue weighted by Gasteiger charge is 2.15. The fourth-order valence-electron chi connectivity index (χ4n) is 2.73. The Balaban J connectivity index is 1.88. The van der Waals surface area contributed by atoms with E-state index >= 15 is 0 Å². The third kappa shape index (κ3) is 4.26. The Labute approximate surface area is 126 Å². The van der Waals surface area contributed by atoms with Crippen molar-refractivity contribution in [3.8, 4) is 17.6 Å². The van der Waals surface area contributed by atoms with Gasteiger partial charge >= 0.3 is 5.97 Å². The maximum atomic E-state index is 11.1. The van der Waals surface area contributed by atoms with Gasteiger partial charge in [0, 0.05) is 12.3 Å². The third-order valence-corrected chi connectivity index (χ3v) is 3.80. The lowest BCUT2D eigenvalue weighted by atomic mass is 9.88. The topological polar surface area (TPSA) is 46.5 Å². The predicted octanol–water partition coefficient (Wildman–Crippen LogP) is 3.16. The number of carbonyl (C=O) groups is 1. The number of carbonyl (C=O) groups excluding carboxylic acids is 1. The minimum atomic E-state index is -0.464. The van der Waals surface area contributed by atoms with Gasteiger partial charge < -0.3 is 9.84 Å². The zero-order chi connectivity index (χ0) is 15.1. The van der Waals surface area contributed by atoms with E-state index in [-0.39, 0.29) is 0 Å². The number of ether oxygens (including phenoxy) is 1. The van der Waals surface area contributed by atoms with Crippen molar-refractivity contribution in [2.75, 3.05) is 6.61 Å². The molecule has 1 N–H and O–H groups in total. The molecule has 0 amide bonds. The molecule has 0 saturated heterocycles. The summed E-state index contributed by atoms with van der Waals surface area (Å²) in [4.78, 5) is 11.1. The van der Waals surface area contributed by atoms with Gasteiger partial charge in [-0.2, -0.15) is 0 Å². The van der Waals surface area contributed by atoms with Gasteiger partial charge in [0.05, 0.1) is 6.61 Å². The number of fused-ring (bicyclic) bond motifs is 1. The number of benzene rings is 1. The standard InChI is InChI=1S/C18H22O3/c1-2-21-17(19)11-5-3-4-9-15-13-12-14-8-6-7-10-16(14)18(15)20/h12-13,20H,2-4,6-10H2,1H3. The van der Waals surface area contributed by atoms with Crippen LogP contribution >= 0.6 is 0 Å². The van der Waals surface area contributed by atoms with E-state index in [9.17, 15) is 9.90 Å². The van der Waals surface area contributed by atoms with Crippen molar-refractivity contribution in [3.63, 3.8) is 0 Å². The molecule has 1 aliphatic rings. The van der Waals surface area contributed by atoms with E-state index in [1.54, 1.807) is 6.92 Å². The zero-order valence-electron chi connectivity index (χ0n) is 12.6. The van der Waals surface area contributed by atoms with E-state index in [2.05, 4.69) is 17.9 Å². The molecule has 21 heavy (non-hydrogen) atoms. The first kappa shape index (κ1) is 15.4. The van der Waals surface area contributed by atoms with Gasteiger partial charge in [0.25, 0.3) is 0 Å². The Bertz CT molecular complexity index is 564. The van der Waals surface area contributed by atoms with Crippen LogP contribution in [0.2, 0.25) is 0 Å². The molecule has 0 atom stereocenters. The van der Waals surface area contributed by atoms with Gasteiger partial charge in [-0.25, -0.2) is 4.79 Å². The van der Waals surface area contributed by atoms with Crippen LogP contribution in [-0.2, 0) is 28.8 Å². The molecule has 0 unspecified atom stereocenters. The molecule has 1 aliphatic carbocycles. The molecule has 0 saturated carbocycles. The van der Waals surface area contributed by atoms with Crippen molar-refractivity contribution >= 4 is 5.97 Å². The van der Waals surface area contributed by atoms with Gasteiger partial charge in [-0.05, 0) is 62.1 Å². The van der Waals surface area contributed by atoms with Crippen molar-refractivity contribution in [1.82, 2.24) is 0 Å². The summed E-state index contributed by atoms with van der Waals surface area (Å²) in [6.07, 6.45) is 6.70. The van der Waals surface area contributed by atoms with Crippen LogP contribution in [0.4, 0.5) is 0 Å². The maximum Gasteiger partial charge on any atom is 0.384 e. The molecule has 0 spiro atoms. The number of aryl methyl sites for hydroxylation is 2. The normalized spacial score (nSPS) is 13.0. The van der Waals surface area contributed by atoms with Crippen molar-refractivity contribution in [2.45, 2.75) is 51.9 Å². The Morgan fingerprint density at radius 3 is 2.95 bits per heavy atom. The summed E-state index contributed by atoms with van der Waals surface area (Å²) >= 11 is 0. The second-order valence-electron chi connectivity index (χ2n) is 5.29. The van der Waals surface area contributed by atoms with Crippen LogP contribution in [-0.4, -0.2) is 17.7 Å². The van der Waals surface area contributed by atoms with Gasteiger partial charge in [0.15, 0.2) is 0 Å². The average Bonchev–Trinajstić information content (AvgIpc) is 2.49. The number of esters is 1. The number of phenolic OH excluding ortho intramolecular Hbond substituents is 1. The van der Waals surface area contributed by atoms with Gasteiger partial charge in [0.1, 0.15) is 5.75 Å². The smallest absolute Gasteiger partial charge is 0.384 e. The molecule has 1 aromatic carbocycles. The van der Waals surface area contributed by atoms with Crippen molar-refractivity contribution in [1.29, 1.82) is 0 Å². The highest BCUT2D eigenvalue weighted by Crippen LogP contribution is 2.32. The minimum Gasteiger partial charge on any atom is -0.507 e. The average molecular weight is 286 g/mol. The van der Waals surface area contributed by atoms with Crippen LogP contribution in [0, 0.1) is 11.8 Å². The summed E-state index contributed by atoms with van der Waals surface area (Å²) < 4.78 is 4.74. The molecule has 112 valence electrons. The lowest BCUT2D eigenvalue weighted by Crippen LogP contribution is -2.04. The molecule has 1 aromatic rings. The first-order valence-electron chi connectivity index (χ1n) is 7.70. The predicted molar refractivity (Wildman–Crippen MR) is 82.1 cm³/mol. The van der Waals surface area contributed by atoms with Gasteiger partial charge in [-0.3, -0.25) is 0 Å². The highest BCUT2D eigenvalue weighted by molar-refractivity contribution is 5.88. The monoisotopic (exact) mass is 286 g/mol. The first-order chi connectivity index (χ1) is 10.2. The highest BCUT2D eigenvalue weighted by atomic mass is 16.5. The van der Waals surface area contributed by atoms with E-state index in [4.69, 9.17) is 4.74 Å². The third-order valence-electron chi connectivity index (χ3n) is 3.80. The lowest BCUT2D eigenvalue weighted by Gasteiger charge is -2.18. The molecule has 0 aromatic heterocycles. The molecular weight excluding hydrogens is 264 g/mol. The summed E-state index contributed by atoms with van der Waals surface area (Å²) in [7, 11) is 0. The second-order valence-corrected chi connectivity index (χ2v) is 5.29. The number of rotatable bonds is 4. The van der Waals surface area contributed by atoms with E-state index < -0.39 is 5.97 Å². The van der Waals surface area contributed by atoms with Gasteiger partial charge in [0.2, 0.25) is 0 Å². The molecule has 0 bridgehead atoms. The van der Waals surface area contributed by atoms with E-state index in [1.165, 1.54) is 12.0 Å². The van der Waals surface area contributed by atoms with Crippen molar-refractivity contribution in [2.24, 2.45) is 0 Å². The molecule has 2 rings (SSSR count). The van der Waals surface area contributed by atoms with E-state index in [1.807, 2.05) is 6.07 Å². The Morgan fingerprint density at radius 2 is 2.14 bits per heavy atom. The Hall–Kier alpha value is -1.95. The van der Waals surface area contributed by atoms with E-state index in [0.717, 1.165) is 43.2 Å². The van der Waals surface area contributed by atoms with Gasteiger partial charge in [-0.15, -0.1) is 0 Å². The largest absolute Gasteiger partial charge is 0.507 e. The van der Waals surface area contributed by atoms with Crippen LogP contribution < -0.4 is 0 Å². The van der Waals surface area contributed by atoms with Crippen molar-refractivity contribution < 1.29 is 14.6 Å². The molecule has 0 heterocycles. The van der Waals surface area contributed by atoms with Crippen LogP contribution in [0.1, 0.15) is 49.3 Å². The van der Waals surface area contributed by atoms with E-state index in [0.29, 0.717) is 18.8 Å². The minimum absolute atomic E-state index is 0.358. The molecule has 3 heteroatoms. The van der Waals surface area contributed by atoms with Crippen LogP contribution in [0.15, 0.2) is 12.1 Å². The molecule has 3 nitrogen and oxygen atoms in total. The summed E-state index contributed by atoms with van der Waals surface area (Å²) in [5.41, 5.74) is 3.43. The molecule has 0 fully saturated rings. The van der Waals surface area contributed by atoms with Crippen LogP contribution in [0.25, 0.3) is 0 Å². The second kappa shape index (κ2) is 7.73. The van der Waals surface area contributed by atoms with Crippen molar-refractivity contribution in [3.05, 3.63) is 28.8 Å².